The molecule has 0 aromatic heterocycles. The second-order valence-electron chi connectivity index (χ2n) is 11.2. The zero-order chi connectivity index (χ0) is 33.6. The maximum Gasteiger partial charge on any atom is 0.306 e. The molecule has 0 heterocycles. The summed E-state index contributed by atoms with van der Waals surface area (Å²) in [6, 6.07) is 0. The molecule has 0 aromatic carbocycles. The molecule has 0 aromatic rings. The summed E-state index contributed by atoms with van der Waals surface area (Å²) in [7, 11) is 0. The van der Waals surface area contributed by atoms with Crippen LogP contribution in [0, 0.1) is 0 Å². The maximum atomic E-state index is 12.1. The van der Waals surface area contributed by atoms with E-state index in [0.717, 1.165) is 70.6 Å². The van der Waals surface area contributed by atoms with Gasteiger partial charge in [-0.05, 0) is 89.9 Å². The molecule has 0 bridgehead atoms. The number of hydrogen-bond acceptors (Lipinski definition) is 5. The lowest BCUT2D eigenvalue weighted by Gasteiger charge is -2.15. The maximum absolute atomic E-state index is 12.1. The van der Waals surface area contributed by atoms with E-state index in [4.69, 9.17) is 9.47 Å². The summed E-state index contributed by atoms with van der Waals surface area (Å²) in [4.78, 5) is 24.1. The predicted molar refractivity (Wildman–Crippen MR) is 195 cm³/mol. The van der Waals surface area contributed by atoms with Crippen LogP contribution in [0.3, 0.4) is 0 Å². The Hall–Kier alpha value is -3.18. The number of hydrogen-bond donors (Lipinski definition) is 1. The molecule has 0 saturated carbocycles. The van der Waals surface area contributed by atoms with Crippen molar-refractivity contribution in [3.63, 3.8) is 0 Å². The molecule has 0 rings (SSSR count). The highest BCUT2D eigenvalue weighted by molar-refractivity contribution is 5.70. The van der Waals surface area contributed by atoms with Gasteiger partial charge in [0.15, 0.2) is 6.10 Å². The van der Waals surface area contributed by atoms with Crippen LogP contribution in [-0.4, -0.2) is 36.4 Å². The van der Waals surface area contributed by atoms with Gasteiger partial charge in [0.05, 0.1) is 6.61 Å². The number of rotatable bonds is 30. The first-order valence-electron chi connectivity index (χ1n) is 17.8. The molecular weight excluding hydrogens is 572 g/mol. The van der Waals surface area contributed by atoms with E-state index in [0.29, 0.717) is 12.8 Å². The van der Waals surface area contributed by atoms with Gasteiger partial charge in [0.25, 0.3) is 0 Å². The minimum atomic E-state index is -0.822. The number of carbonyl (C=O) groups is 2. The molecule has 5 nitrogen and oxygen atoms in total. The summed E-state index contributed by atoms with van der Waals surface area (Å²) < 4.78 is 10.5. The minimum Gasteiger partial charge on any atom is -0.462 e. The summed E-state index contributed by atoms with van der Waals surface area (Å²) in [6.45, 7) is 3.88. The van der Waals surface area contributed by atoms with Crippen LogP contribution >= 0.6 is 0 Å². The van der Waals surface area contributed by atoms with Crippen LogP contribution in [0.5, 0.6) is 0 Å². The van der Waals surface area contributed by atoms with E-state index in [1.54, 1.807) is 0 Å². The van der Waals surface area contributed by atoms with Gasteiger partial charge in [-0.15, -0.1) is 0 Å². The van der Waals surface area contributed by atoms with Crippen LogP contribution in [0.2, 0.25) is 0 Å². The Morgan fingerprint density at radius 3 is 1.39 bits per heavy atom. The zero-order valence-electron chi connectivity index (χ0n) is 29.0. The average molecular weight is 637 g/mol. The summed E-state index contributed by atoms with van der Waals surface area (Å²) in [5.41, 5.74) is 0. The highest BCUT2D eigenvalue weighted by atomic mass is 16.6. The number of ether oxygens (including phenoxy) is 2. The van der Waals surface area contributed by atoms with Crippen molar-refractivity contribution in [3.8, 4) is 0 Å². The fourth-order valence-electron chi connectivity index (χ4n) is 4.18. The highest BCUT2D eigenvalue weighted by Gasteiger charge is 2.15. The third kappa shape index (κ3) is 33.7. The molecule has 0 saturated heterocycles. The molecule has 5 heteroatoms. The van der Waals surface area contributed by atoms with Gasteiger partial charge in [-0.2, -0.15) is 0 Å². The van der Waals surface area contributed by atoms with E-state index in [-0.39, 0.29) is 31.6 Å². The SMILES string of the molecule is CCC=CCC=CCC=CCC=CCCCCC(=O)OC[C@H](CO)OC(=O)CCCC=CCC=CCC=CCC=CCCCCC. The molecule has 0 radical (unpaired) electrons. The molecule has 0 aliphatic carbocycles. The van der Waals surface area contributed by atoms with Gasteiger partial charge in [-0.25, -0.2) is 0 Å². The van der Waals surface area contributed by atoms with Crippen LogP contribution in [0.1, 0.15) is 129 Å². The number of aliphatic hydroxyl groups excluding tert-OH is 1. The van der Waals surface area contributed by atoms with E-state index in [9.17, 15) is 14.7 Å². The van der Waals surface area contributed by atoms with Crippen molar-refractivity contribution in [3.05, 3.63) is 97.2 Å². The van der Waals surface area contributed by atoms with E-state index in [1.807, 2.05) is 0 Å². The molecule has 0 amide bonds. The number of allylic oxidation sites excluding steroid dienone is 16. The van der Waals surface area contributed by atoms with Crippen LogP contribution in [0.15, 0.2) is 97.2 Å². The smallest absolute Gasteiger partial charge is 0.306 e. The van der Waals surface area contributed by atoms with Crippen molar-refractivity contribution < 1.29 is 24.2 Å². The Morgan fingerprint density at radius 2 is 0.935 bits per heavy atom. The topological polar surface area (TPSA) is 72.8 Å². The second kappa shape index (κ2) is 36.3. The highest BCUT2D eigenvalue weighted by Crippen LogP contribution is 2.07. The third-order valence-electron chi connectivity index (χ3n) is 6.86. The monoisotopic (exact) mass is 636 g/mol. The Balaban J connectivity index is 3.80. The lowest BCUT2D eigenvalue weighted by Crippen LogP contribution is -2.28. The Labute approximate surface area is 281 Å². The van der Waals surface area contributed by atoms with Gasteiger partial charge in [-0.1, -0.05) is 124 Å². The first-order valence-corrected chi connectivity index (χ1v) is 17.8. The number of carbonyl (C=O) groups excluding carboxylic acids is 2. The summed E-state index contributed by atoms with van der Waals surface area (Å²) in [5.74, 6) is -0.718. The predicted octanol–water partition coefficient (Wildman–Crippen LogP) is 10.9. The molecule has 1 N–H and O–H groups in total. The van der Waals surface area contributed by atoms with Gasteiger partial charge in [0.2, 0.25) is 0 Å². The van der Waals surface area contributed by atoms with Crippen molar-refractivity contribution in [1.82, 2.24) is 0 Å². The fraction of sp³-hybridized carbons (Fsp3) is 0.561. The Morgan fingerprint density at radius 1 is 0.522 bits per heavy atom. The number of esters is 2. The molecule has 0 unspecified atom stereocenters. The van der Waals surface area contributed by atoms with Crippen molar-refractivity contribution in [2.45, 2.75) is 136 Å². The van der Waals surface area contributed by atoms with E-state index in [2.05, 4.69) is 111 Å². The Bertz CT molecular complexity index is 948. The van der Waals surface area contributed by atoms with Crippen molar-refractivity contribution in [2.75, 3.05) is 13.2 Å². The summed E-state index contributed by atoms with van der Waals surface area (Å²) in [6.07, 6.45) is 50.4. The van der Waals surface area contributed by atoms with Gasteiger partial charge in [-0.3, -0.25) is 9.59 Å². The van der Waals surface area contributed by atoms with Crippen LogP contribution in [0.25, 0.3) is 0 Å². The number of unbranched alkanes of at least 4 members (excludes halogenated alkanes) is 6. The molecule has 0 aliphatic heterocycles. The normalized spacial score (nSPS) is 13.4. The molecule has 0 spiro atoms. The molecule has 1 atom stereocenters. The summed E-state index contributed by atoms with van der Waals surface area (Å²) in [5, 5.41) is 9.51. The van der Waals surface area contributed by atoms with Gasteiger partial charge < -0.3 is 14.6 Å². The molecule has 46 heavy (non-hydrogen) atoms. The average Bonchev–Trinajstić information content (AvgIpc) is 3.06. The molecular formula is C41H64O5. The van der Waals surface area contributed by atoms with Crippen LogP contribution in [-0.2, 0) is 19.1 Å². The van der Waals surface area contributed by atoms with Crippen molar-refractivity contribution in [1.29, 1.82) is 0 Å². The standard InChI is InChI=1S/C41H64O5/c1-3-5-7-9-11-13-15-17-19-20-22-24-26-28-30-32-34-36-41(44)46-39(37-42)38-45-40(43)35-33-31-29-27-25-23-21-18-16-14-12-10-8-6-4-2/h6,8,11-14,17-19,21-22,24-25,27-28,30,39,42H,3-5,7,9-10,15-16,20,23,26,29,31-38H2,1-2H3/t39-/m0/s1. The molecule has 0 aliphatic rings. The Kier molecular flexibility index (Phi) is 33.8. The summed E-state index contributed by atoms with van der Waals surface area (Å²) >= 11 is 0. The first kappa shape index (κ1) is 42.8. The van der Waals surface area contributed by atoms with Gasteiger partial charge in [0, 0.05) is 12.8 Å². The lowest BCUT2D eigenvalue weighted by atomic mass is 10.2. The zero-order valence-corrected chi connectivity index (χ0v) is 29.0. The first-order chi connectivity index (χ1) is 22.6. The van der Waals surface area contributed by atoms with Gasteiger partial charge >= 0.3 is 11.9 Å². The van der Waals surface area contributed by atoms with E-state index >= 15 is 0 Å². The van der Waals surface area contributed by atoms with Crippen molar-refractivity contribution >= 4 is 11.9 Å². The van der Waals surface area contributed by atoms with Crippen LogP contribution in [0.4, 0.5) is 0 Å². The van der Waals surface area contributed by atoms with E-state index in [1.165, 1.54) is 25.7 Å². The van der Waals surface area contributed by atoms with Crippen molar-refractivity contribution in [2.24, 2.45) is 0 Å². The minimum absolute atomic E-state index is 0.116. The largest absolute Gasteiger partial charge is 0.462 e. The number of aliphatic hydroxyl groups is 1. The van der Waals surface area contributed by atoms with Crippen LogP contribution < -0.4 is 0 Å². The second-order valence-corrected chi connectivity index (χ2v) is 11.2. The molecule has 0 fully saturated rings. The quantitative estimate of drug-likeness (QED) is 0.0482. The van der Waals surface area contributed by atoms with Gasteiger partial charge in [0.1, 0.15) is 6.61 Å². The fourth-order valence-corrected chi connectivity index (χ4v) is 4.18. The van der Waals surface area contributed by atoms with E-state index < -0.39 is 6.10 Å². The lowest BCUT2D eigenvalue weighted by molar-refractivity contribution is -0.161. The third-order valence-corrected chi connectivity index (χ3v) is 6.86. The molecule has 258 valence electrons.